The van der Waals surface area contributed by atoms with Crippen LogP contribution in [0.2, 0.25) is 0 Å². The maximum absolute atomic E-state index is 13.1. The Hall–Kier alpha value is -2.02. The predicted molar refractivity (Wildman–Crippen MR) is 118 cm³/mol. The number of hydrogen-bond acceptors (Lipinski definition) is 5. The van der Waals surface area contributed by atoms with E-state index in [0.717, 1.165) is 54.9 Å². The van der Waals surface area contributed by atoms with Crippen molar-refractivity contribution in [2.75, 3.05) is 33.4 Å². The largest absolute Gasteiger partial charge is 0.383 e. The molecular formula is C23H29N3O2S. The number of nitrogens with zero attached hydrogens (tertiary/aromatic N) is 3. The standard InChI is InChI=1S/C23H29N3O2S/c1-16-13-19(17(2)26(16)11-12-28-3)21(27)15-25-10-6-7-18(14-25)23-24-20-8-4-5-9-22(20)29-23/h4-5,8-9,13,18H,6-7,10-12,14-15H2,1-3H3/t18-/m0/s1. The van der Waals surface area contributed by atoms with Gasteiger partial charge in [0, 0.05) is 43.1 Å². The van der Waals surface area contributed by atoms with Crippen LogP contribution in [0, 0.1) is 13.8 Å². The highest BCUT2D eigenvalue weighted by Crippen LogP contribution is 2.33. The van der Waals surface area contributed by atoms with Gasteiger partial charge in [-0.15, -0.1) is 11.3 Å². The number of benzene rings is 1. The van der Waals surface area contributed by atoms with Crippen molar-refractivity contribution >= 4 is 27.3 Å². The third-order valence-electron chi connectivity index (χ3n) is 5.93. The van der Waals surface area contributed by atoms with Gasteiger partial charge in [-0.1, -0.05) is 12.1 Å². The van der Waals surface area contributed by atoms with Crippen LogP contribution in [0.1, 0.15) is 45.5 Å². The lowest BCUT2D eigenvalue weighted by Gasteiger charge is -2.31. The molecule has 1 aliphatic rings. The van der Waals surface area contributed by atoms with Gasteiger partial charge in [0.25, 0.3) is 0 Å². The molecule has 1 atom stereocenters. The molecule has 3 aromatic rings. The first-order valence-electron chi connectivity index (χ1n) is 10.3. The molecule has 0 unspecified atom stereocenters. The Labute approximate surface area is 176 Å². The molecule has 0 bridgehead atoms. The Kier molecular flexibility index (Phi) is 6.13. The van der Waals surface area contributed by atoms with Gasteiger partial charge in [-0.05, 0) is 51.4 Å². The van der Waals surface area contributed by atoms with Crippen molar-refractivity contribution in [3.05, 3.63) is 52.3 Å². The number of ketones is 1. The fraction of sp³-hybridized carbons (Fsp3) is 0.478. The average Bonchev–Trinajstić information content (AvgIpc) is 3.28. The average molecular weight is 412 g/mol. The van der Waals surface area contributed by atoms with Crippen LogP contribution in [0.3, 0.4) is 0 Å². The van der Waals surface area contributed by atoms with Crippen LogP contribution in [-0.2, 0) is 11.3 Å². The van der Waals surface area contributed by atoms with Gasteiger partial charge in [0.15, 0.2) is 5.78 Å². The van der Waals surface area contributed by atoms with Gasteiger partial charge < -0.3 is 9.30 Å². The van der Waals surface area contributed by atoms with Crippen LogP contribution in [0.4, 0.5) is 0 Å². The zero-order chi connectivity index (χ0) is 20.4. The number of fused-ring (bicyclic) bond motifs is 1. The number of para-hydroxylation sites is 1. The highest BCUT2D eigenvalue weighted by molar-refractivity contribution is 7.18. The summed E-state index contributed by atoms with van der Waals surface area (Å²) in [6.07, 6.45) is 2.26. The summed E-state index contributed by atoms with van der Waals surface area (Å²) in [5.74, 6) is 0.634. The van der Waals surface area contributed by atoms with E-state index in [9.17, 15) is 4.79 Å². The molecule has 6 heteroatoms. The summed E-state index contributed by atoms with van der Waals surface area (Å²) >= 11 is 1.80. The molecule has 0 aliphatic carbocycles. The first kappa shape index (κ1) is 20.3. The van der Waals surface area contributed by atoms with Crippen LogP contribution in [-0.4, -0.2) is 53.6 Å². The van der Waals surface area contributed by atoms with Crippen LogP contribution in [0.15, 0.2) is 30.3 Å². The fourth-order valence-electron chi connectivity index (χ4n) is 4.36. The van der Waals surface area contributed by atoms with Crippen molar-refractivity contribution < 1.29 is 9.53 Å². The summed E-state index contributed by atoms with van der Waals surface area (Å²) in [4.78, 5) is 20.2. The van der Waals surface area contributed by atoms with Gasteiger partial charge in [0.2, 0.25) is 0 Å². The fourth-order valence-corrected chi connectivity index (χ4v) is 5.46. The molecule has 29 heavy (non-hydrogen) atoms. The van der Waals surface area contributed by atoms with E-state index in [2.05, 4.69) is 34.6 Å². The van der Waals surface area contributed by atoms with Gasteiger partial charge >= 0.3 is 0 Å². The van der Waals surface area contributed by atoms with Gasteiger partial charge in [0.1, 0.15) is 0 Å². The van der Waals surface area contributed by atoms with Crippen molar-refractivity contribution in [3.63, 3.8) is 0 Å². The Balaban J connectivity index is 1.45. The molecule has 2 aromatic heterocycles. The normalized spacial score (nSPS) is 17.8. The summed E-state index contributed by atoms with van der Waals surface area (Å²) in [7, 11) is 1.71. The summed E-state index contributed by atoms with van der Waals surface area (Å²) in [5.41, 5.74) is 4.10. The molecule has 0 saturated carbocycles. The molecule has 5 nitrogen and oxygen atoms in total. The van der Waals surface area contributed by atoms with E-state index in [1.807, 2.05) is 19.1 Å². The number of carbonyl (C=O) groups is 1. The number of aromatic nitrogens is 2. The number of ether oxygens (including phenoxy) is 1. The molecule has 3 heterocycles. The minimum atomic E-state index is 0.215. The van der Waals surface area contributed by atoms with Crippen molar-refractivity contribution in [2.45, 2.75) is 39.2 Å². The number of aryl methyl sites for hydroxylation is 1. The van der Waals surface area contributed by atoms with Crippen molar-refractivity contribution in [2.24, 2.45) is 0 Å². The number of likely N-dealkylation sites (tertiary alicyclic amines) is 1. The van der Waals surface area contributed by atoms with Gasteiger partial charge in [-0.3, -0.25) is 9.69 Å². The number of rotatable bonds is 7. The van der Waals surface area contributed by atoms with E-state index >= 15 is 0 Å². The van der Waals surface area contributed by atoms with Crippen molar-refractivity contribution in [1.82, 2.24) is 14.5 Å². The molecule has 0 amide bonds. The first-order chi connectivity index (χ1) is 14.1. The monoisotopic (exact) mass is 411 g/mol. The van der Waals surface area contributed by atoms with Crippen molar-refractivity contribution in [1.29, 1.82) is 0 Å². The molecule has 0 radical (unpaired) electrons. The number of methoxy groups -OCH3 is 1. The van der Waals surface area contributed by atoms with E-state index in [1.54, 1.807) is 18.4 Å². The lowest BCUT2D eigenvalue weighted by molar-refractivity contribution is 0.0906. The zero-order valence-electron chi connectivity index (χ0n) is 17.5. The van der Waals surface area contributed by atoms with E-state index < -0.39 is 0 Å². The molecule has 1 aromatic carbocycles. The number of carbonyl (C=O) groups excluding carboxylic acids is 1. The summed E-state index contributed by atoms with van der Waals surface area (Å²) in [5, 5.41) is 1.21. The summed E-state index contributed by atoms with van der Waals surface area (Å²) < 4.78 is 8.63. The molecular weight excluding hydrogens is 382 g/mol. The van der Waals surface area contributed by atoms with E-state index in [0.29, 0.717) is 19.1 Å². The van der Waals surface area contributed by atoms with Gasteiger partial charge in [-0.2, -0.15) is 0 Å². The van der Waals surface area contributed by atoms with Crippen molar-refractivity contribution in [3.8, 4) is 0 Å². The summed E-state index contributed by atoms with van der Waals surface area (Å²) in [6.45, 7) is 7.91. The molecule has 1 aliphatic heterocycles. The SMILES string of the molecule is COCCn1c(C)cc(C(=O)CN2CCC[C@H](c3nc4ccccc4s3)C2)c1C. The minimum Gasteiger partial charge on any atom is -0.383 e. The first-order valence-corrected chi connectivity index (χ1v) is 11.1. The van der Waals surface area contributed by atoms with Crippen LogP contribution < -0.4 is 0 Å². The van der Waals surface area contributed by atoms with Crippen LogP contribution >= 0.6 is 11.3 Å². The molecule has 154 valence electrons. The van der Waals surface area contributed by atoms with E-state index in [-0.39, 0.29) is 5.78 Å². The Bertz CT molecular complexity index is 974. The van der Waals surface area contributed by atoms with Gasteiger partial charge in [0.05, 0.1) is 28.4 Å². The Morgan fingerprint density at radius 2 is 2.14 bits per heavy atom. The predicted octanol–water partition coefficient (Wildman–Crippen LogP) is 4.42. The molecule has 4 rings (SSSR count). The van der Waals surface area contributed by atoms with Crippen LogP contribution in [0.25, 0.3) is 10.2 Å². The van der Waals surface area contributed by atoms with E-state index in [4.69, 9.17) is 9.72 Å². The second-order valence-electron chi connectivity index (χ2n) is 7.95. The quantitative estimate of drug-likeness (QED) is 0.540. The van der Waals surface area contributed by atoms with E-state index in [1.165, 1.54) is 9.71 Å². The Morgan fingerprint density at radius 3 is 2.93 bits per heavy atom. The lowest BCUT2D eigenvalue weighted by Crippen LogP contribution is -2.38. The number of piperidine rings is 1. The molecule has 1 fully saturated rings. The summed E-state index contributed by atoms with van der Waals surface area (Å²) in [6, 6.07) is 10.4. The Morgan fingerprint density at radius 1 is 1.31 bits per heavy atom. The topological polar surface area (TPSA) is 47.4 Å². The third-order valence-corrected chi connectivity index (χ3v) is 7.12. The smallest absolute Gasteiger partial charge is 0.178 e. The maximum atomic E-state index is 13.1. The number of thiazole rings is 1. The highest BCUT2D eigenvalue weighted by Gasteiger charge is 2.26. The van der Waals surface area contributed by atoms with Gasteiger partial charge in [-0.25, -0.2) is 4.98 Å². The highest BCUT2D eigenvalue weighted by atomic mass is 32.1. The second kappa shape index (κ2) is 8.78. The number of Topliss-reactive ketones (excluding diaryl/α,β-unsaturated/α-hetero) is 1. The zero-order valence-corrected chi connectivity index (χ0v) is 18.3. The minimum absolute atomic E-state index is 0.215. The molecule has 0 N–H and O–H groups in total. The number of hydrogen-bond donors (Lipinski definition) is 0. The molecule has 0 spiro atoms. The third kappa shape index (κ3) is 4.29. The maximum Gasteiger partial charge on any atom is 0.178 e. The lowest BCUT2D eigenvalue weighted by atomic mass is 9.98. The molecule has 1 saturated heterocycles. The van der Waals surface area contributed by atoms with Crippen LogP contribution in [0.5, 0.6) is 0 Å². The second-order valence-corrected chi connectivity index (χ2v) is 9.01.